The maximum atomic E-state index is 11.0. The van der Waals surface area contributed by atoms with Crippen LogP contribution in [-0.4, -0.2) is 42.7 Å². The molecule has 2 atom stereocenters. The first-order valence-corrected chi connectivity index (χ1v) is 10.9. The number of nitrogens with one attached hydrogen (secondary N) is 1. The van der Waals surface area contributed by atoms with Crippen LogP contribution in [0.5, 0.6) is 17.2 Å². The van der Waals surface area contributed by atoms with Crippen molar-refractivity contribution < 1.29 is 29.2 Å². The molecule has 7 heteroatoms. The van der Waals surface area contributed by atoms with E-state index in [4.69, 9.17) is 29.8 Å². The fourth-order valence-corrected chi connectivity index (χ4v) is 3.53. The van der Waals surface area contributed by atoms with Gasteiger partial charge in [-0.1, -0.05) is 24.3 Å². The lowest BCUT2D eigenvalue weighted by Gasteiger charge is -2.10. The van der Waals surface area contributed by atoms with Crippen molar-refractivity contribution in [1.29, 1.82) is 5.41 Å². The molecule has 3 aromatic rings. The SMILES string of the molecule is CO.COc1ccc(C(=N)COc2ccc(COc3ccc(C4CC4C(=O)O)cc3)cc2)cc1. The number of methoxy groups -OCH3 is 1. The second-order valence-electron chi connectivity index (χ2n) is 7.78. The maximum Gasteiger partial charge on any atom is 0.307 e. The zero-order valence-electron chi connectivity index (χ0n) is 19.2. The van der Waals surface area contributed by atoms with E-state index in [1.807, 2.05) is 72.8 Å². The Morgan fingerprint density at radius 3 is 2.00 bits per heavy atom. The molecule has 7 nitrogen and oxygen atoms in total. The predicted molar refractivity (Wildman–Crippen MR) is 129 cm³/mol. The molecule has 1 aliphatic rings. The van der Waals surface area contributed by atoms with Gasteiger partial charge in [0.05, 0.1) is 18.7 Å². The van der Waals surface area contributed by atoms with Crippen LogP contribution in [0.4, 0.5) is 0 Å². The van der Waals surface area contributed by atoms with Gasteiger partial charge in [-0.2, -0.15) is 0 Å². The van der Waals surface area contributed by atoms with Crippen LogP contribution in [0.3, 0.4) is 0 Å². The number of carbonyl (C=O) groups is 1. The molecule has 0 radical (unpaired) electrons. The van der Waals surface area contributed by atoms with Crippen molar-refractivity contribution in [3.05, 3.63) is 89.5 Å². The minimum Gasteiger partial charge on any atom is -0.497 e. The Labute approximate surface area is 199 Å². The highest BCUT2D eigenvalue weighted by Gasteiger charge is 2.44. The van der Waals surface area contributed by atoms with Crippen LogP contribution in [0, 0.1) is 11.3 Å². The third-order valence-corrected chi connectivity index (χ3v) is 5.57. The van der Waals surface area contributed by atoms with Crippen molar-refractivity contribution in [3.8, 4) is 17.2 Å². The van der Waals surface area contributed by atoms with E-state index < -0.39 is 5.97 Å². The normalized spacial score (nSPS) is 16.0. The molecule has 0 aromatic heterocycles. The van der Waals surface area contributed by atoms with Crippen LogP contribution < -0.4 is 14.2 Å². The van der Waals surface area contributed by atoms with Gasteiger partial charge in [-0.15, -0.1) is 0 Å². The molecule has 1 fully saturated rings. The molecular weight excluding hydrogens is 434 g/mol. The fourth-order valence-electron chi connectivity index (χ4n) is 3.53. The minimum atomic E-state index is -0.722. The van der Waals surface area contributed by atoms with Crippen LogP contribution in [0.2, 0.25) is 0 Å². The van der Waals surface area contributed by atoms with E-state index >= 15 is 0 Å². The van der Waals surface area contributed by atoms with E-state index in [1.54, 1.807) is 7.11 Å². The summed E-state index contributed by atoms with van der Waals surface area (Å²) in [4.78, 5) is 11.0. The molecule has 0 aliphatic heterocycles. The highest BCUT2D eigenvalue weighted by molar-refractivity contribution is 5.99. The molecule has 0 spiro atoms. The predicted octanol–water partition coefficient (Wildman–Crippen LogP) is 4.52. The summed E-state index contributed by atoms with van der Waals surface area (Å²) in [5, 5.41) is 24.2. The Morgan fingerprint density at radius 1 is 0.882 bits per heavy atom. The van der Waals surface area contributed by atoms with Gasteiger partial charge in [0.25, 0.3) is 0 Å². The number of aliphatic hydroxyl groups excluding tert-OH is 1. The number of carboxylic acids is 1. The molecule has 3 aromatic carbocycles. The molecule has 2 unspecified atom stereocenters. The number of ether oxygens (including phenoxy) is 3. The average molecular weight is 464 g/mol. The van der Waals surface area contributed by atoms with Crippen molar-refractivity contribution in [2.45, 2.75) is 18.9 Å². The first kappa shape index (κ1) is 24.8. The summed E-state index contributed by atoms with van der Waals surface area (Å²) >= 11 is 0. The summed E-state index contributed by atoms with van der Waals surface area (Å²) in [6.45, 7) is 0.598. The van der Waals surface area contributed by atoms with E-state index in [2.05, 4.69) is 0 Å². The Morgan fingerprint density at radius 2 is 1.44 bits per heavy atom. The van der Waals surface area contributed by atoms with Crippen LogP contribution in [0.25, 0.3) is 0 Å². The molecule has 0 saturated heterocycles. The number of aliphatic hydroxyl groups is 1. The first-order chi connectivity index (χ1) is 16.5. The summed E-state index contributed by atoms with van der Waals surface area (Å²) in [6, 6.07) is 22.6. The Kier molecular flexibility index (Phi) is 8.65. The zero-order valence-corrected chi connectivity index (χ0v) is 19.2. The fraction of sp³-hybridized carbons (Fsp3) is 0.259. The zero-order chi connectivity index (χ0) is 24.5. The smallest absolute Gasteiger partial charge is 0.307 e. The van der Waals surface area contributed by atoms with Gasteiger partial charge in [0.15, 0.2) is 0 Å². The lowest BCUT2D eigenvalue weighted by atomic mass is 10.1. The van der Waals surface area contributed by atoms with Crippen LogP contribution in [0.15, 0.2) is 72.8 Å². The lowest BCUT2D eigenvalue weighted by molar-refractivity contribution is -0.138. The van der Waals surface area contributed by atoms with E-state index in [9.17, 15) is 4.79 Å². The van der Waals surface area contributed by atoms with Gasteiger partial charge in [0.1, 0.15) is 30.5 Å². The highest BCUT2D eigenvalue weighted by Crippen LogP contribution is 2.47. The standard InChI is InChI=1S/C26H25NO5.CH4O/c1-30-20-10-6-19(7-11-20)25(27)16-32-21-8-2-17(3-9-21)15-31-22-12-4-18(5-13-22)23-14-24(23)26(28)29;1-2/h2-13,23-24,27H,14-16H2,1H3,(H,28,29);2H,1H3. The van der Waals surface area contributed by atoms with Gasteiger partial charge in [-0.05, 0) is 77.6 Å². The Balaban J connectivity index is 0.00000158. The van der Waals surface area contributed by atoms with Gasteiger partial charge in [0, 0.05) is 7.11 Å². The van der Waals surface area contributed by atoms with Crippen molar-refractivity contribution >= 4 is 11.7 Å². The number of rotatable bonds is 10. The van der Waals surface area contributed by atoms with Crippen molar-refractivity contribution in [3.63, 3.8) is 0 Å². The summed E-state index contributed by atoms with van der Waals surface area (Å²) in [5.41, 5.74) is 3.23. The molecular formula is C27H29NO6. The molecule has 0 amide bonds. The quantitative estimate of drug-likeness (QED) is 0.382. The number of benzene rings is 3. The lowest BCUT2D eigenvalue weighted by Crippen LogP contribution is -2.11. The third kappa shape index (κ3) is 6.59. The van der Waals surface area contributed by atoms with E-state index in [1.165, 1.54) is 0 Å². The van der Waals surface area contributed by atoms with Gasteiger partial charge in [-0.25, -0.2) is 0 Å². The number of hydrogen-bond donors (Lipinski definition) is 3. The van der Waals surface area contributed by atoms with Crippen molar-refractivity contribution in [2.24, 2.45) is 5.92 Å². The van der Waals surface area contributed by atoms with Gasteiger partial charge in [-0.3, -0.25) is 4.79 Å². The third-order valence-electron chi connectivity index (χ3n) is 5.57. The van der Waals surface area contributed by atoms with E-state index in [0.717, 1.165) is 35.3 Å². The van der Waals surface area contributed by atoms with E-state index in [0.29, 0.717) is 24.5 Å². The number of aliphatic carboxylic acids is 1. The summed E-state index contributed by atoms with van der Waals surface area (Å²) in [7, 11) is 2.61. The minimum absolute atomic E-state index is 0.125. The highest BCUT2D eigenvalue weighted by atomic mass is 16.5. The molecule has 34 heavy (non-hydrogen) atoms. The second-order valence-corrected chi connectivity index (χ2v) is 7.78. The average Bonchev–Trinajstić information content (AvgIpc) is 3.70. The summed E-state index contributed by atoms with van der Waals surface area (Å²) in [5.74, 6) is 1.34. The molecule has 178 valence electrons. The molecule has 0 bridgehead atoms. The largest absolute Gasteiger partial charge is 0.497 e. The number of hydrogen-bond acceptors (Lipinski definition) is 6. The van der Waals surface area contributed by atoms with E-state index in [-0.39, 0.29) is 18.4 Å². The summed E-state index contributed by atoms with van der Waals surface area (Å²) in [6.07, 6.45) is 0.712. The topological polar surface area (TPSA) is 109 Å². The van der Waals surface area contributed by atoms with Gasteiger partial charge < -0.3 is 29.8 Å². The molecule has 3 N–H and O–H groups in total. The Hall–Kier alpha value is -3.84. The van der Waals surface area contributed by atoms with Crippen molar-refractivity contribution in [1.82, 2.24) is 0 Å². The van der Waals surface area contributed by atoms with Gasteiger partial charge in [0.2, 0.25) is 0 Å². The monoisotopic (exact) mass is 463 g/mol. The molecule has 4 rings (SSSR count). The van der Waals surface area contributed by atoms with Crippen LogP contribution >= 0.6 is 0 Å². The first-order valence-electron chi connectivity index (χ1n) is 10.9. The number of carboxylic acid groups (broad SMARTS) is 1. The van der Waals surface area contributed by atoms with Crippen molar-refractivity contribution in [2.75, 3.05) is 20.8 Å². The molecule has 0 heterocycles. The second kappa shape index (κ2) is 11.9. The molecule has 1 saturated carbocycles. The van der Waals surface area contributed by atoms with Gasteiger partial charge >= 0.3 is 5.97 Å². The molecule has 1 aliphatic carbocycles. The van der Waals surface area contributed by atoms with Crippen LogP contribution in [-0.2, 0) is 11.4 Å². The van der Waals surface area contributed by atoms with Crippen LogP contribution in [0.1, 0.15) is 29.0 Å². The maximum absolute atomic E-state index is 11.0. The Bertz CT molecular complexity index is 1080. The summed E-state index contributed by atoms with van der Waals surface area (Å²) < 4.78 is 16.7.